The highest BCUT2D eigenvalue weighted by Crippen LogP contribution is 2.29. The number of benzene rings is 1. The van der Waals surface area contributed by atoms with Gasteiger partial charge >= 0.3 is 0 Å². The fourth-order valence-corrected chi connectivity index (χ4v) is 2.64. The lowest BCUT2D eigenvalue weighted by molar-refractivity contribution is 0.599. The molecule has 0 saturated carbocycles. The predicted molar refractivity (Wildman–Crippen MR) is 77.1 cm³/mol. The van der Waals surface area contributed by atoms with Crippen LogP contribution in [0.2, 0.25) is 0 Å². The molecule has 19 heavy (non-hydrogen) atoms. The zero-order valence-corrected chi connectivity index (χ0v) is 10.8. The van der Waals surface area contributed by atoms with Crippen LogP contribution >= 0.6 is 11.3 Å². The molecule has 1 aromatic carbocycles. The third kappa shape index (κ3) is 2.01. The summed E-state index contributed by atoms with van der Waals surface area (Å²) in [5.41, 5.74) is 7.67. The number of fused-ring (bicyclic) bond motifs is 1. The Morgan fingerprint density at radius 2 is 2.05 bits per heavy atom. The maximum absolute atomic E-state index is 9.28. The fourth-order valence-electron chi connectivity index (χ4n) is 1.91. The molecule has 0 spiro atoms. The van der Waals surface area contributed by atoms with E-state index >= 15 is 0 Å². The molecule has 2 heterocycles. The number of para-hydroxylation sites is 1. The van der Waals surface area contributed by atoms with Crippen molar-refractivity contribution in [3.05, 3.63) is 58.5 Å². The molecule has 0 radical (unpaired) electrons. The van der Waals surface area contributed by atoms with Crippen molar-refractivity contribution in [3.8, 4) is 6.07 Å². The topological polar surface area (TPSA) is 63.0 Å². The van der Waals surface area contributed by atoms with E-state index in [1.807, 2.05) is 47.8 Å². The van der Waals surface area contributed by atoms with E-state index in [1.165, 1.54) is 11.3 Å². The highest BCUT2D eigenvalue weighted by Gasteiger charge is 2.13. The van der Waals surface area contributed by atoms with Gasteiger partial charge in [-0.2, -0.15) is 5.26 Å². The molecule has 2 aromatic heterocycles. The van der Waals surface area contributed by atoms with Crippen LogP contribution in [-0.2, 0) is 0 Å². The van der Waals surface area contributed by atoms with Crippen molar-refractivity contribution in [2.24, 2.45) is 5.73 Å². The molecule has 0 bridgehead atoms. The molecule has 0 atom stereocenters. The third-order valence-corrected chi connectivity index (χ3v) is 3.73. The van der Waals surface area contributed by atoms with Crippen molar-refractivity contribution in [1.29, 1.82) is 5.26 Å². The number of nitriles is 1. The van der Waals surface area contributed by atoms with Crippen LogP contribution in [0.4, 0.5) is 0 Å². The van der Waals surface area contributed by atoms with Crippen LogP contribution in [0.1, 0.15) is 10.6 Å². The van der Waals surface area contributed by atoms with Gasteiger partial charge in [-0.1, -0.05) is 24.3 Å². The first-order chi connectivity index (χ1) is 9.29. The Bertz CT molecular complexity index is 758. The Morgan fingerprint density at radius 1 is 1.21 bits per heavy atom. The minimum absolute atomic E-state index is 0.376. The lowest BCUT2D eigenvalue weighted by Gasteiger charge is -2.00. The monoisotopic (exact) mass is 266 g/mol. The van der Waals surface area contributed by atoms with E-state index in [1.54, 1.807) is 0 Å². The lowest BCUT2D eigenvalue weighted by Crippen LogP contribution is -1.98. The number of furan rings is 1. The van der Waals surface area contributed by atoms with Gasteiger partial charge in [-0.25, -0.2) is 0 Å². The van der Waals surface area contributed by atoms with E-state index in [-0.39, 0.29) is 0 Å². The number of nitrogens with two attached hydrogens (primary N) is 1. The highest BCUT2D eigenvalue weighted by molar-refractivity contribution is 7.11. The van der Waals surface area contributed by atoms with E-state index in [9.17, 15) is 5.26 Å². The molecule has 3 rings (SSSR count). The number of rotatable bonds is 2. The number of hydrogen-bond acceptors (Lipinski definition) is 4. The summed E-state index contributed by atoms with van der Waals surface area (Å²) < 4.78 is 5.68. The fraction of sp³-hybridized carbons (Fsp3) is 0. The molecular weight excluding hydrogens is 256 g/mol. The first-order valence-corrected chi connectivity index (χ1v) is 6.60. The maximum Gasteiger partial charge on any atom is 0.152 e. The van der Waals surface area contributed by atoms with Gasteiger partial charge in [0.15, 0.2) is 5.76 Å². The third-order valence-electron chi connectivity index (χ3n) is 2.84. The van der Waals surface area contributed by atoms with E-state index < -0.39 is 0 Å². The normalized spacial score (nSPS) is 12.2. The molecule has 92 valence electrons. The first-order valence-electron chi connectivity index (χ1n) is 5.72. The molecular formula is C15H10N2OS. The van der Waals surface area contributed by atoms with Gasteiger partial charge in [0, 0.05) is 10.3 Å². The molecule has 0 aliphatic carbocycles. The SMILES string of the molecule is N#C/C(=C(/N)c1cc2ccccc2o1)c1cccs1. The van der Waals surface area contributed by atoms with Crippen molar-refractivity contribution >= 4 is 33.6 Å². The van der Waals surface area contributed by atoms with Gasteiger partial charge in [-0.05, 0) is 23.6 Å². The van der Waals surface area contributed by atoms with Crippen molar-refractivity contribution < 1.29 is 4.42 Å². The van der Waals surface area contributed by atoms with E-state index in [2.05, 4.69) is 6.07 Å². The highest BCUT2D eigenvalue weighted by atomic mass is 32.1. The van der Waals surface area contributed by atoms with Gasteiger partial charge < -0.3 is 10.2 Å². The number of allylic oxidation sites excluding steroid dienone is 1. The van der Waals surface area contributed by atoms with E-state index in [0.717, 1.165) is 15.8 Å². The van der Waals surface area contributed by atoms with Gasteiger partial charge in [0.05, 0.1) is 11.3 Å². The summed E-state index contributed by atoms with van der Waals surface area (Å²) in [6.45, 7) is 0. The number of thiophene rings is 1. The van der Waals surface area contributed by atoms with Crippen LogP contribution in [-0.4, -0.2) is 0 Å². The molecule has 0 amide bonds. The first kappa shape index (κ1) is 11.6. The Labute approximate surface area is 114 Å². The second-order valence-electron chi connectivity index (χ2n) is 4.03. The van der Waals surface area contributed by atoms with Crippen LogP contribution in [0.5, 0.6) is 0 Å². The smallest absolute Gasteiger partial charge is 0.152 e. The predicted octanol–water partition coefficient (Wildman–Crippen LogP) is 3.84. The van der Waals surface area contributed by atoms with Gasteiger partial charge in [-0.15, -0.1) is 11.3 Å². The lowest BCUT2D eigenvalue weighted by atomic mass is 10.1. The quantitative estimate of drug-likeness (QED) is 0.717. The Morgan fingerprint density at radius 3 is 2.74 bits per heavy atom. The van der Waals surface area contributed by atoms with Crippen LogP contribution in [0, 0.1) is 11.3 Å². The summed E-state index contributed by atoms with van der Waals surface area (Å²) in [5, 5.41) is 12.2. The average Bonchev–Trinajstić information content (AvgIpc) is 3.08. The Balaban J connectivity index is 2.17. The Hall–Kier alpha value is -2.51. The average molecular weight is 266 g/mol. The standard InChI is InChI=1S/C15H10N2OS/c16-9-11(14-6-3-7-19-14)15(17)13-8-10-4-1-2-5-12(10)18-13/h1-8H,17H2/b15-11-. The van der Waals surface area contributed by atoms with Gasteiger partial charge in [-0.3, -0.25) is 0 Å². The van der Waals surface area contributed by atoms with Crippen molar-refractivity contribution in [2.75, 3.05) is 0 Å². The molecule has 0 unspecified atom stereocenters. The molecule has 0 aliphatic heterocycles. The molecule has 2 N–H and O–H groups in total. The minimum atomic E-state index is 0.376. The summed E-state index contributed by atoms with van der Waals surface area (Å²) in [6.07, 6.45) is 0. The van der Waals surface area contributed by atoms with Crippen LogP contribution in [0.15, 0.2) is 52.3 Å². The summed E-state index contributed by atoms with van der Waals surface area (Å²) in [4.78, 5) is 0.848. The van der Waals surface area contributed by atoms with Crippen molar-refractivity contribution in [1.82, 2.24) is 0 Å². The second kappa shape index (κ2) is 4.63. The summed E-state index contributed by atoms with van der Waals surface area (Å²) >= 11 is 1.48. The van der Waals surface area contributed by atoms with Crippen LogP contribution in [0.25, 0.3) is 22.2 Å². The zero-order valence-electron chi connectivity index (χ0n) is 9.96. The van der Waals surface area contributed by atoms with Crippen LogP contribution in [0.3, 0.4) is 0 Å². The van der Waals surface area contributed by atoms with Gasteiger partial charge in [0.2, 0.25) is 0 Å². The zero-order chi connectivity index (χ0) is 13.2. The maximum atomic E-state index is 9.28. The minimum Gasteiger partial charge on any atom is -0.454 e. The summed E-state index contributed by atoms with van der Waals surface area (Å²) in [6, 6.07) is 15.4. The van der Waals surface area contributed by atoms with Crippen LogP contribution < -0.4 is 5.73 Å². The van der Waals surface area contributed by atoms with E-state index in [4.69, 9.17) is 10.2 Å². The number of hydrogen-bond donors (Lipinski definition) is 1. The van der Waals surface area contributed by atoms with Crippen molar-refractivity contribution in [2.45, 2.75) is 0 Å². The largest absolute Gasteiger partial charge is 0.454 e. The van der Waals surface area contributed by atoms with Crippen molar-refractivity contribution in [3.63, 3.8) is 0 Å². The summed E-state index contributed by atoms with van der Waals surface area (Å²) in [5.74, 6) is 0.533. The Kier molecular flexibility index (Phi) is 2.82. The van der Waals surface area contributed by atoms with E-state index in [0.29, 0.717) is 17.0 Å². The van der Waals surface area contributed by atoms with Gasteiger partial charge in [0.25, 0.3) is 0 Å². The summed E-state index contributed by atoms with van der Waals surface area (Å²) in [7, 11) is 0. The van der Waals surface area contributed by atoms with Gasteiger partial charge in [0.1, 0.15) is 11.7 Å². The second-order valence-corrected chi connectivity index (χ2v) is 4.97. The molecule has 3 aromatic rings. The molecule has 3 nitrogen and oxygen atoms in total. The molecule has 4 heteroatoms. The molecule has 0 aliphatic rings. The number of nitrogens with zero attached hydrogens (tertiary/aromatic N) is 1. The molecule has 0 fully saturated rings. The molecule has 0 saturated heterocycles.